The second-order valence-electron chi connectivity index (χ2n) is 5.79. The molecule has 1 aliphatic carbocycles. The van der Waals surface area contributed by atoms with Gasteiger partial charge in [0.2, 0.25) is 0 Å². The number of halogens is 2. The minimum atomic E-state index is -0.270. The maximum atomic E-state index is 13.7. The van der Waals surface area contributed by atoms with Crippen molar-refractivity contribution < 1.29 is 13.9 Å². The Bertz CT molecular complexity index is 438. The monoisotopic (exact) mass is 267 g/mol. The average Bonchev–Trinajstić information content (AvgIpc) is 2.82. The highest BCUT2D eigenvalue weighted by atomic mass is 19.1. The van der Waals surface area contributed by atoms with E-state index in [-0.39, 0.29) is 17.7 Å². The van der Waals surface area contributed by atoms with Crippen molar-refractivity contribution in [1.82, 2.24) is 4.90 Å². The van der Waals surface area contributed by atoms with Crippen molar-refractivity contribution in [2.75, 3.05) is 19.6 Å². The molecule has 0 amide bonds. The van der Waals surface area contributed by atoms with Crippen LogP contribution in [0.3, 0.4) is 0 Å². The van der Waals surface area contributed by atoms with Crippen LogP contribution in [0.2, 0.25) is 0 Å². The van der Waals surface area contributed by atoms with Crippen LogP contribution in [0.25, 0.3) is 0 Å². The Morgan fingerprint density at radius 1 is 1.05 bits per heavy atom. The van der Waals surface area contributed by atoms with Crippen LogP contribution in [0.15, 0.2) is 12.1 Å². The number of aliphatic hydroxyl groups is 1. The average molecular weight is 267 g/mol. The second kappa shape index (κ2) is 5.17. The topological polar surface area (TPSA) is 23.5 Å². The standard InChI is InChI=1S/C15H19F2NO/c16-14-1-2-15(17)13-8-10(7-12(13)14)9-18-5-3-11(19)4-6-18/h1-2,10-11,19H,3-9H2. The Hall–Kier alpha value is -1.00. The molecule has 1 aromatic rings. The quantitative estimate of drug-likeness (QED) is 0.887. The first-order chi connectivity index (χ1) is 9.13. The van der Waals surface area contributed by atoms with Crippen LogP contribution in [-0.4, -0.2) is 35.7 Å². The van der Waals surface area contributed by atoms with E-state index in [2.05, 4.69) is 4.90 Å². The largest absolute Gasteiger partial charge is 0.393 e. The zero-order chi connectivity index (χ0) is 13.4. The van der Waals surface area contributed by atoms with Crippen LogP contribution >= 0.6 is 0 Å². The van der Waals surface area contributed by atoms with Gasteiger partial charge in [-0.1, -0.05) is 0 Å². The van der Waals surface area contributed by atoms with Crippen molar-refractivity contribution in [3.8, 4) is 0 Å². The number of benzene rings is 1. The summed E-state index contributed by atoms with van der Waals surface area (Å²) in [5.41, 5.74) is 1.14. The van der Waals surface area contributed by atoms with Gasteiger partial charge < -0.3 is 10.0 Å². The lowest BCUT2D eigenvalue weighted by Gasteiger charge is -2.31. The first-order valence-electron chi connectivity index (χ1n) is 6.99. The summed E-state index contributed by atoms with van der Waals surface area (Å²) in [4.78, 5) is 2.30. The normalized spacial score (nSPS) is 21.8. The molecule has 2 aliphatic rings. The molecule has 3 rings (SSSR count). The van der Waals surface area contributed by atoms with E-state index in [1.807, 2.05) is 0 Å². The molecule has 0 aromatic heterocycles. The third-order valence-electron chi connectivity index (χ3n) is 4.38. The molecule has 1 aromatic carbocycles. The lowest BCUT2D eigenvalue weighted by molar-refractivity contribution is 0.0754. The van der Waals surface area contributed by atoms with E-state index in [9.17, 15) is 13.9 Å². The molecular formula is C15H19F2NO. The molecule has 2 nitrogen and oxygen atoms in total. The number of fused-ring (bicyclic) bond motifs is 1. The van der Waals surface area contributed by atoms with Gasteiger partial charge in [-0.2, -0.15) is 0 Å². The van der Waals surface area contributed by atoms with E-state index < -0.39 is 0 Å². The van der Waals surface area contributed by atoms with Gasteiger partial charge in [-0.15, -0.1) is 0 Å². The fraction of sp³-hybridized carbons (Fsp3) is 0.600. The Kier molecular flexibility index (Phi) is 3.54. The first kappa shape index (κ1) is 13.0. The van der Waals surface area contributed by atoms with E-state index >= 15 is 0 Å². The zero-order valence-electron chi connectivity index (χ0n) is 10.9. The van der Waals surface area contributed by atoms with Gasteiger partial charge in [0.05, 0.1) is 6.10 Å². The lowest BCUT2D eigenvalue weighted by atomic mass is 10.0. The van der Waals surface area contributed by atoms with E-state index in [0.717, 1.165) is 32.5 Å². The van der Waals surface area contributed by atoms with Crippen molar-refractivity contribution in [2.24, 2.45) is 5.92 Å². The molecule has 0 radical (unpaired) electrons. The molecule has 1 heterocycles. The molecule has 1 fully saturated rings. The molecule has 1 saturated heterocycles. The maximum Gasteiger partial charge on any atom is 0.126 e. The predicted molar refractivity (Wildman–Crippen MR) is 68.9 cm³/mol. The fourth-order valence-electron chi connectivity index (χ4n) is 3.32. The zero-order valence-corrected chi connectivity index (χ0v) is 10.9. The molecule has 1 N–H and O–H groups in total. The summed E-state index contributed by atoms with van der Waals surface area (Å²) in [7, 11) is 0. The number of nitrogens with zero attached hydrogens (tertiary/aromatic N) is 1. The van der Waals surface area contributed by atoms with Crippen LogP contribution in [0.5, 0.6) is 0 Å². The molecule has 0 bridgehead atoms. The number of piperidine rings is 1. The summed E-state index contributed by atoms with van der Waals surface area (Å²) >= 11 is 0. The third-order valence-corrected chi connectivity index (χ3v) is 4.38. The number of likely N-dealkylation sites (tertiary alicyclic amines) is 1. The van der Waals surface area contributed by atoms with Gasteiger partial charge in [0.25, 0.3) is 0 Å². The van der Waals surface area contributed by atoms with Gasteiger partial charge >= 0.3 is 0 Å². The SMILES string of the molecule is OC1CCN(CC2Cc3c(F)ccc(F)c3C2)CC1. The van der Waals surface area contributed by atoms with Crippen LogP contribution in [0.4, 0.5) is 8.78 Å². The first-order valence-corrected chi connectivity index (χ1v) is 6.99. The van der Waals surface area contributed by atoms with Crippen LogP contribution < -0.4 is 0 Å². The van der Waals surface area contributed by atoms with Gasteiger partial charge in [-0.25, -0.2) is 8.78 Å². The van der Waals surface area contributed by atoms with E-state index in [1.165, 1.54) is 12.1 Å². The lowest BCUT2D eigenvalue weighted by Crippen LogP contribution is -2.39. The summed E-state index contributed by atoms with van der Waals surface area (Å²) in [6.07, 6.45) is 2.72. The van der Waals surface area contributed by atoms with Gasteiger partial charge in [-0.05, 0) is 54.9 Å². The highest BCUT2D eigenvalue weighted by Crippen LogP contribution is 2.31. The summed E-state index contributed by atoms with van der Waals surface area (Å²) in [5.74, 6) is -0.238. The number of aliphatic hydroxyl groups excluding tert-OH is 1. The highest BCUT2D eigenvalue weighted by molar-refractivity contribution is 5.35. The Labute approximate surface area is 112 Å². The molecule has 0 unspecified atom stereocenters. The van der Waals surface area contributed by atoms with E-state index in [4.69, 9.17) is 0 Å². The molecule has 0 spiro atoms. The van der Waals surface area contributed by atoms with Gasteiger partial charge in [0.15, 0.2) is 0 Å². The molecule has 104 valence electrons. The number of rotatable bonds is 2. The Balaban J connectivity index is 1.64. The van der Waals surface area contributed by atoms with Gasteiger partial charge in [0.1, 0.15) is 11.6 Å². The summed E-state index contributed by atoms with van der Waals surface area (Å²) < 4.78 is 27.3. The molecular weight excluding hydrogens is 248 g/mol. The van der Waals surface area contributed by atoms with Gasteiger partial charge in [0, 0.05) is 19.6 Å². The minimum absolute atomic E-state index is 0.174. The van der Waals surface area contributed by atoms with Crippen molar-refractivity contribution in [2.45, 2.75) is 31.8 Å². The van der Waals surface area contributed by atoms with Crippen molar-refractivity contribution in [3.05, 3.63) is 34.9 Å². The van der Waals surface area contributed by atoms with Gasteiger partial charge in [-0.3, -0.25) is 0 Å². The van der Waals surface area contributed by atoms with Crippen molar-refractivity contribution in [1.29, 1.82) is 0 Å². The summed E-state index contributed by atoms with van der Waals surface area (Å²) in [6, 6.07) is 2.46. The number of hydrogen-bond donors (Lipinski definition) is 1. The fourth-order valence-corrected chi connectivity index (χ4v) is 3.32. The number of hydrogen-bond acceptors (Lipinski definition) is 2. The Morgan fingerprint density at radius 3 is 2.11 bits per heavy atom. The second-order valence-corrected chi connectivity index (χ2v) is 5.79. The van der Waals surface area contributed by atoms with Crippen LogP contribution in [-0.2, 0) is 12.8 Å². The van der Waals surface area contributed by atoms with Crippen LogP contribution in [0.1, 0.15) is 24.0 Å². The highest BCUT2D eigenvalue weighted by Gasteiger charge is 2.29. The van der Waals surface area contributed by atoms with E-state index in [1.54, 1.807) is 0 Å². The third kappa shape index (κ3) is 2.65. The minimum Gasteiger partial charge on any atom is -0.393 e. The molecule has 1 aliphatic heterocycles. The molecule has 19 heavy (non-hydrogen) atoms. The predicted octanol–water partition coefficient (Wildman–Crippen LogP) is 2.14. The smallest absolute Gasteiger partial charge is 0.126 e. The molecule has 4 heteroatoms. The Morgan fingerprint density at radius 2 is 1.58 bits per heavy atom. The maximum absolute atomic E-state index is 13.7. The summed E-state index contributed by atoms with van der Waals surface area (Å²) in [6.45, 7) is 2.65. The van der Waals surface area contributed by atoms with Crippen molar-refractivity contribution in [3.63, 3.8) is 0 Å². The molecule has 0 atom stereocenters. The van der Waals surface area contributed by atoms with E-state index in [0.29, 0.717) is 29.9 Å². The molecule has 0 saturated carbocycles. The summed E-state index contributed by atoms with van der Waals surface area (Å²) in [5, 5.41) is 9.48. The van der Waals surface area contributed by atoms with Crippen LogP contribution in [0, 0.1) is 17.6 Å². The van der Waals surface area contributed by atoms with Crippen molar-refractivity contribution >= 4 is 0 Å².